The van der Waals surface area contributed by atoms with Gasteiger partial charge < -0.3 is 40.0 Å². The summed E-state index contributed by atoms with van der Waals surface area (Å²) < 4.78 is 25.1. The van der Waals surface area contributed by atoms with Crippen molar-refractivity contribution in [3.63, 3.8) is 0 Å². The zero-order valence-electron chi connectivity index (χ0n) is 25.3. The molecule has 2 aliphatic rings. The minimum Gasteiger partial charge on any atom is -0.480 e. The molecule has 7 atom stereocenters. The highest BCUT2D eigenvalue weighted by atomic mass is 16.8. The molecule has 0 spiro atoms. The summed E-state index contributed by atoms with van der Waals surface area (Å²) in [6.45, 7) is 9.35. The zero-order valence-corrected chi connectivity index (χ0v) is 25.3. The minimum absolute atomic E-state index is 0.0451. The molecule has 2 aromatic rings. The fraction of sp³-hybridized carbons (Fsp3) is 0.531. The Morgan fingerprint density at radius 2 is 1.56 bits per heavy atom. The molecular formula is C32H43N3O8. The average Bonchev–Trinajstić information content (AvgIpc) is 3.44. The maximum absolute atomic E-state index is 13.5. The van der Waals surface area contributed by atoms with Crippen molar-refractivity contribution < 1.29 is 38.4 Å². The van der Waals surface area contributed by atoms with Crippen LogP contribution in [-0.2, 0) is 46.5 Å². The van der Waals surface area contributed by atoms with Gasteiger partial charge in [0.05, 0.1) is 6.61 Å². The molecule has 4 rings (SSSR count). The number of carbonyl (C=O) groups excluding carboxylic acids is 2. The number of aliphatic carboxylic acids is 1. The summed E-state index contributed by atoms with van der Waals surface area (Å²) in [6, 6.07) is 17.0. The highest BCUT2D eigenvalue weighted by Crippen LogP contribution is 2.40. The first kappa shape index (κ1) is 32.6. The Kier molecular flexibility index (Phi) is 10.9. The molecule has 4 N–H and O–H groups in total. The number of hydrogen-bond donors (Lipinski definition) is 4. The molecule has 2 aromatic carbocycles. The van der Waals surface area contributed by atoms with Crippen molar-refractivity contribution in [1.82, 2.24) is 16.0 Å². The first-order valence-electron chi connectivity index (χ1n) is 14.7. The van der Waals surface area contributed by atoms with Gasteiger partial charge in [-0.05, 0) is 37.8 Å². The fourth-order valence-electron chi connectivity index (χ4n) is 5.27. The smallest absolute Gasteiger partial charge is 0.325 e. The van der Waals surface area contributed by atoms with Crippen LogP contribution in [0.1, 0.15) is 52.2 Å². The van der Waals surface area contributed by atoms with Crippen LogP contribution in [0.4, 0.5) is 0 Å². The van der Waals surface area contributed by atoms with Crippen LogP contribution in [-0.4, -0.2) is 71.4 Å². The van der Waals surface area contributed by atoms with Gasteiger partial charge in [-0.25, -0.2) is 0 Å². The van der Waals surface area contributed by atoms with Gasteiger partial charge in [-0.2, -0.15) is 0 Å². The van der Waals surface area contributed by atoms with E-state index in [1.54, 1.807) is 13.8 Å². The molecule has 2 fully saturated rings. The second-order valence-corrected chi connectivity index (χ2v) is 11.9. The normalized spacial score (nSPS) is 24.6. The average molecular weight is 598 g/mol. The van der Waals surface area contributed by atoms with Crippen LogP contribution in [0, 0.1) is 5.92 Å². The van der Waals surface area contributed by atoms with E-state index in [2.05, 4.69) is 16.0 Å². The number of carboxylic acids is 1. The number of ether oxygens (including phenoxy) is 4. The quantitative estimate of drug-likeness (QED) is 0.258. The molecule has 0 radical (unpaired) electrons. The highest BCUT2D eigenvalue weighted by Gasteiger charge is 2.57. The van der Waals surface area contributed by atoms with E-state index in [1.807, 2.05) is 74.5 Å². The van der Waals surface area contributed by atoms with Crippen molar-refractivity contribution in [3.05, 3.63) is 71.8 Å². The third kappa shape index (κ3) is 8.84. The van der Waals surface area contributed by atoms with Gasteiger partial charge >= 0.3 is 5.97 Å². The van der Waals surface area contributed by atoms with Gasteiger partial charge in [0.2, 0.25) is 11.8 Å². The number of fused-ring (bicyclic) bond motifs is 1. The molecule has 2 heterocycles. The number of carbonyl (C=O) groups is 3. The number of hydrogen-bond acceptors (Lipinski definition) is 8. The largest absolute Gasteiger partial charge is 0.480 e. The van der Waals surface area contributed by atoms with Crippen LogP contribution in [0.15, 0.2) is 60.7 Å². The Hall–Kier alpha value is -3.35. The number of benzene rings is 2. The van der Waals surface area contributed by atoms with Crippen LogP contribution in [0.5, 0.6) is 0 Å². The molecule has 43 heavy (non-hydrogen) atoms. The SMILES string of the molecule is CC(C)[C@H](NC(=O)C[C@@H](NCc1ccccc1)[C@H]1O[C@@H]2OC(C)(C)O[C@@H]2[C@H]1OCc1ccccc1)C(=O)N[C@@H](C)C(=O)O. The summed E-state index contributed by atoms with van der Waals surface area (Å²) in [5, 5.41) is 17.9. The second-order valence-electron chi connectivity index (χ2n) is 11.9. The Balaban J connectivity index is 1.54. The van der Waals surface area contributed by atoms with Crippen molar-refractivity contribution in [2.75, 3.05) is 0 Å². The van der Waals surface area contributed by atoms with Crippen LogP contribution in [0.25, 0.3) is 0 Å². The summed E-state index contributed by atoms with van der Waals surface area (Å²) >= 11 is 0. The Bertz CT molecular complexity index is 1230. The van der Waals surface area contributed by atoms with E-state index in [4.69, 9.17) is 18.9 Å². The summed E-state index contributed by atoms with van der Waals surface area (Å²) in [6.07, 6.45) is -2.43. The first-order valence-corrected chi connectivity index (χ1v) is 14.7. The van der Waals surface area contributed by atoms with E-state index in [9.17, 15) is 19.5 Å². The minimum atomic E-state index is -1.16. The van der Waals surface area contributed by atoms with Gasteiger partial charge in [-0.3, -0.25) is 14.4 Å². The molecule has 2 aliphatic heterocycles. The number of rotatable bonds is 14. The van der Waals surface area contributed by atoms with Crippen molar-refractivity contribution in [3.8, 4) is 0 Å². The molecule has 11 nitrogen and oxygen atoms in total. The van der Waals surface area contributed by atoms with Gasteiger partial charge in [-0.15, -0.1) is 0 Å². The molecule has 0 aromatic heterocycles. The van der Waals surface area contributed by atoms with E-state index in [-0.39, 0.29) is 12.3 Å². The van der Waals surface area contributed by atoms with E-state index in [0.717, 1.165) is 11.1 Å². The van der Waals surface area contributed by atoms with Crippen LogP contribution in [0.3, 0.4) is 0 Å². The topological polar surface area (TPSA) is 144 Å². The van der Waals surface area contributed by atoms with E-state index >= 15 is 0 Å². The monoisotopic (exact) mass is 597 g/mol. The third-order valence-electron chi connectivity index (χ3n) is 7.52. The van der Waals surface area contributed by atoms with Crippen LogP contribution < -0.4 is 16.0 Å². The summed E-state index contributed by atoms with van der Waals surface area (Å²) in [4.78, 5) is 37.6. The molecule has 11 heteroatoms. The molecule has 234 valence electrons. The van der Waals surface area contributed by atoms with Gasteiger partial charge in [0, 0.05) is 19.0 Å². The Morgan fingerprint density at radius 3 is 2.16 bits per heavy atom. The number of nitrogens with one attached hydrogen (secondary N) is 3. The molecule has 2 saturated heterocycles. The van der Waals surface area contributed by atoms with Crippen LogP contribution in [0.2, 0.25) is 0 Å². The Labute approximate surface area is 252 Å². The van der Waals surface area contributed by atoms with Gasteiger partial charge in [0.15, 0.2) is 12.1 Å². The zero-order chi connectivity index (χ0) is 31.1. The molecular weight excluding hydrogens is 554 g/mol. The lowest BCUT2D eigenvalue weighted by atomic mass is 9.98. The van der Waals surface area contributed by atoms with Crippen molar-refractivity contribution in [2.24, 2.45) is 5.92 Å². The van der Waals surface area contributed by atoms with E-state index in [1.165, 1.54) is 6.92 Å². The van der Waals surface area contributed by atoms with E-state index in [0.29, 0.717) is 13.2 Å². The van der Waals surface area contributed by atoms with Crippen molar-refractivity contribution in [1.29, 1.82) is 0 Å². The van der Waals surface area contributed by atoms with Crippen molar-refractivity contribution >= 4 is 17.8 Å². The molecule has 0 bridgehead atoms. The molecule has 0 unspecified atom stereocenters. The lowest BCUT2D eigenvalue weighted by Crippen LogP contribution is -2.55. The summed E-state index contributed by atoms with van der Waals surface area (Å²) in [7, 11) is 0. The summed E-state index contributed by atoms with van der Waals surface area (Å²) in [5.41, 5.74) is 2.00. The third-order valence-corrected chi connectivity index (χ3v) is 7.52. The molecule has 2 amide bonds. The highest BCUT2D eigenvalue weighted by molar-refractivity contribution is 5.90. The first-order chi connectivity index (χ1) is 20.4. The van der Waals surface area contributed by atoms with Gasteiger partial charge in [-0.1, -0.05) is 74.5 Å². The predicted octanol–water partition coefficient (Wildman–Crippen LogP) is 2.73. The molecule has 0 aliphatic carbocycles. The van der Waals surface area contributed by atoms with Gasteiger partial charge in [0.25, 0.3) is 0 Å². The van der Waals surface area contributed by atoms with Crippen LogP contribution >= 0.6 is 0 Å². The number of carboxylic acid groups (broad SMARTS) is 1. The van der Waals surface area contributed by atoms with Gasteiger partial charge in [0.1, 0.15) is 30.4 Å². The maximum Gasteiger partial charge on any atom is 0.325 e. The fourth-order valence-corrected chi connectivity index (χ4v) is 5.27. The lowest BCUT2D eigenvalue weighted by Gasteiger charge is -2.32. The number of amides is 2. The Morgan fingerprint density at radius 1 is 0.930 bits per heavy atom. The standard InChI is InChI=1S/C32H43N3O8/c1-19(2)25(29(37)34-20(3)30(38)39)35-24(36)16-23(33-17-21-12-8-6-9-13-21)26-27(40-18-22-14-10-7-11-15-22)28-31(41-26)43-32(4,5)42-28/h6-15,19-20,23,25-28,31,33H,16-18H2,1-5H3,(H,34,37)(H,35,36)(H,38,39)/t20-,23+,25-,26+,27-,28+,31+/m0/s1. The maximum atomic E-state index is 13.5. The van der Waals surface area contributed by atoms with Crippen molar-refractivity contribution in [2.45, 2.75) is 103 Å². The predicted molar refractivity (Wildman–Crippen MR) is 157 cm³/mol. The molecule has 0 saturated carbocycles. The lowest BCUT2D eigenvalue weighted by molar-refractivity contribution is -0.222. The summed E-state index contributed by atoms with van der Waals surface area (Å²) in [5.74, 6) is -3.26. The second kappa shape index (κ2) is 14.4. The van der Waals surface area contributed by atoms with E-state index < -0.39 is 66.3 Å².